The predicted molar refractivity (Wildman–Crippen MR) is 73.2 cm³/mol. The number of hydrogen-bond acceptors (Lipinski definition) is 8. The second kappa shape index (κ2) is 85.0. The largest absolute Gasteiger partial charge is 3.00 e. The van der Waals surface area contributed by atoms with E-state index in [9.17, 15) is 0 Å². The summed E-state index contributed by atoms with van der Waals surface area (Å²) in [7, 11) is 0. The van der Waals surface area contributed by atoms with Crippen molar-refractivity contribution in [2.24, 2.45) is 10.7 Å². The van der Waals surface area contributed by atoms with Crippen LogP contribution in [0, 0.1) is 30.0 Å². The van der Waals surface area contributed by atoms with Gasteiger partial charge in [-0.15, -0.1) is 10.7 Å². The van der Waals surface area contributed by atoms with Crippen LogP contribution < -0.4 is 5.04 Å². The summed E-state index contributed by atoms with van der Waals surface area (Å²) >= 11 is 0. The maximum Gasteiger partial charge on any atom is 3.00 e. The van der Waals surface area contributed by atoms with Gasteiger partial charge in [0.05, 0.1) is 0 Å². The Hall–Kier alpha value is -1.54. The SMILES string of the molecule is O=N[O-].O=N[O-].O=[N+]=O.[Co+3].[NH-]CCCC[NH-].[NH-]CC[NH-]. The molecule has 0 rings (SSSR count). The third kappa shape index (κ3) is 652. The molecule has 0 spiro atoms. The smallest absolute Gasteiger partial charge is 0.679 e. The predicted octanol–water partition coefficient (Wildman–Crippen LogP) is 3.05. The molecule has 0 aliphatic heterocycles. The molecule has 0 bridgehead atoms. The van der Waals surface area contributed by atoms with Crippen LogP contribution in [0.25, 0.3) is 22.9 Å². The van der Waals surface area contributed by atoms with E-state index in [4.69, 9.17) is 53.0 Å². The Morgan fingerprint density at radius 3 is 0.950 bits per heavy atom. The molecule has 0 fully saturated rings. The van der Waals surface area contributed by atoms with Crippen molar-refractivity contribution in [3.8, 4) is 0 Å². The molecule has 0 aromatic carbocycles. The first-order chi connectivity index (χ1) is 9.07. The molecule has 0 unspecified atom stereocenters. The van der Waals surface area contributed by atoms with E-state index in [0.29, 0.717) is 13.1 Å². The summed E-state index contributed by atoms with van der Waals surface area (Å²) in [6.07, 6.45) is 1.78. The van der Waals surface area contributed by atoms with Crippen LogP contribution in [0.5, 0.6) is 0 Å². The topological polar surface area (TPSA) is 248 Å². The van der Waals surface area contributed by atoms with Gasteiger partial charge in [0.1, 0.15) is 0 Å². The maximum absolute atomic E-state index is 8.00. The first-order valence-electron chi connectivity index (χ1n) is 4.51. The molecule has 0 aliphatic carbocycles. The molecule has 0 amide bonds. The average Bonchev–Trinajstić information content (AvgIpc) is 2.39. The summed E-state index contributed by atoms with van der Waals surface area (Å²) in [5.74, 6) is 0. The summed E-state index contributed by atoms with van der Waals surface area (Å²) in [6.45, 7) is 1.44. The molecule has 0 saturated carbocycles. The minimum absolute atomic E-state index is 0. The number of unbranched alkanes of at least 4 members (excludes halogenated alkanes) is 1. The molecule has 4 N–H and O–H groups in total. The fraction of sp³-hybridized carbons (Fsp3) is 1.00. The first kappa shape index (κ1) is 36.2. The number of nitrogens with one attached hydrogen (secondary N) is 4. The van der Waals surface area contributed by atoms with E-state index >= 15 is 0 Å². The minimum Gasteiger partial charge on any atom is -0.679 e. The average molecular weight is 341 g/mol. The maximum atomic E-state index is 8.00. The molecule has 0 atom stereocenters. The third-order valence-electron chi connectivity index (χ3n) is 0.729. The van der Waals surface area contributed by atoms with Crippen molar-refractivity contribution in [2.45, 2.75) is 12.8 Å². The van der Waals surface area contributed by atoms with E-state index in [-0.39, 0.29) is 29.9 Å². The van der Waals surface area contributed by atoms with Crippen LogP contribution in [0.1, 0.15) is 12.8 Å². The van der Waals surface area contributed by atoms with E-state index in [1.165, 1.54) is 0 Å². The molecule has 122 valence electrons. The van der Waals surface area contributed by atoms with Gasteiger partial charge >= 0.3 is 21.8 Å². The molecule has 0 heterocycles. The number of nitrogens with zero attached hydrogens (tertiary/aromatic N) is 3. The van der Waals surface area contributed by atoms with Crippen molar-refractivity contribution < 1.29 is 16.8 Å². The van der Waals surface area contributed by atoms with Gasteiger partial charge in [-0.1, -0.05) is 12.8 Å². The van der Waals surface area contributed by atoms with Crippen molar-refractivity contribution in [2.75, 3.05) is 26.2 Å². The Kier molecular flexibility index (Phi) is 154. The number of rotatable bonds is 4. The molecular formula is C6H16CoN7O6-2. The van der Waals surface area contributed by atoms with E-state index in [1.807, 2.05) is 0 Å². The first-order valence-corrected chi connectivity index (χ1v) is 4.51. The van der Waals surface area contributed by atoms with E-state index in [1.54, 1.807) is 0 Å². The zero-order valence-electron chi connectivity index (χ0n) is 10.4. The van der Waals surface area contributed by atoms with Crippen molar-refractivity contribution >= 4 is 0 Å². The van der Waals surface area contributed by atoms with Crippen LogP contribution >= 0.6 is 0 Å². The van der Waals surface area contributed by atoms with E-state index < -0.39 is 0 Å². The van der Waals surface area contributed by atoms with Crippen molar-refractivity contribution in [1.29, 1.82) is 0 Å². The van der Waals surface area contributed by atoms with Crippen LogP contribution in [-0.2, 0) is 16.8 Å². The van der Waals surface area contributed by atoms with E-state index in [2.05, 4.69) is 0 Å². The van der Waals surface area contributed by atoms with E-state index in [0.717, 1.165) is 28.6 Å². The van der Waals surface area contributed by atoms with Crippen molar-refractivity contribution in [1.82, 2.24) is 5.04 Å². The van der Waals surface area contributed by atoms with Gasteiger partial charge in [-0.25, -0.2) is 0 Å². The zero-order valence-corrected chi connectivity index (χ0v) is 11.4. The zero-order chi connectivity index (χ0) is 16.4. The molecule has 14 heteroatoms. The normalized spacial score (nSPS) is 5.80. The van der Waals surface area contributed by atoms with Gasteiger partial charge in [-0.3, -0.25) is 0 Å². The van der Waals surface area contributed by atoms with Crippen LogP contribution in [0.2, 0.25) is 0 Å². The summed E-state index contributed by atoms with van der Waals surface area (Å²) in [4.78, 5) is 32.0. The summed E-state index contributed by atoms with van der Waals surface area (Å²) in [5, 5.41) is 19.0. The fourth-order valence-corrected chi connectivity index (χ4v) is 0.250. The summed E-state index contributed by atoms with van der Waals surface area (Å²) < 4.78 is 0. The molecule has 0 aromatic heterocycles. The van der Waals surface area contributed by atoms with Crippen molar-refractivity contribution in [3.63, 3.8) is 0 Å². The minimum atomic E-state index is 0. The standard InChI is InChI=1S/C4H10N2.C2H6N2.Co.2HNO2.NO2/c5-3-1-2-4-6;3-1-2-4;;3*2-1-3/h5-6H,1-4H2;3-4H,1-2H2;;2*(H,2,3);/q2*-2;+3;;;+1/p-2. The Bertz CT molecular complexity index is 160. The second-order valence-corrected chi connectivity index (χ2v) is 1.93. The van der Waals surface area contributed by atoms with Crippen LogP contribution in [0.3, 0.4) is 0 Å². The number of hydrogen-bond donors (Lipinski definition) is 0. The Balaban J connectivity index is -0.0000000314. The molecule has 0 aromatic rings. The summed E-state index contributed by atoms with van der Waals surface area (Å²) in [5.41, 5.74) is 25.8. The van der Waals surface area contributed by atoms with Crippen LogP contribution in [-0.4, -0.2) is 26.2 Å². The van der Waals surface area contributed by atoms with Gasteiger partial charge in [-0.2, -0.15) is 26.2 Å². The van der Waals surface area contributed by atoms with Gasteiger partial charge in [0.15, 0.2) is 0 Å². The quantitative estimate of drug-likeness (QED) is 0.321. The Morgan fingerprint density at radius 1 is 0.750 bits per heavy atom. The Labute approximate surface area is 125 Å². The van der Waals surface area contributed by atoms with Gasteiger partial charge in [-0.05, 0) is 0 Å². The van der Waals surface area contributed by atoms with Crippen LogP contribution in [0.15, 0.2) is 10.7 Å². The van der Waals surface area contributed by atoms with Gasteiger partial charge in [0.2, 0.25) is 9.81 Å². The molecule has 13 nitrogen and oxygen atoms in total. The third-order valence-corrected chi connectivity index (χ3v) is 0.729. The van der Waals surface area contributed by atoms with Gasteiger partial charge < -0.3 is 43.2 Å². The van der Waals surface area contributed by atoms with Gasteiger partial charge in [0, 0.05) is 0 Å². The molecule has 20 heavy (non-hydrogen) atoms. The number of nitroso groups, excluding NO2 is 2. The molecular weight excluding hydrogens is 325 g/mol. The van der Waals surface area contributed by atoms with Crippen molar-refractivity contribution in [3.05, 3.63) is 53.0 Å². The molecule has 0 saturated heterocycles. The Morgan fingerprint density at radius 2 is 0.900 bits per heavy atom. The van der Waals surface area contributed by atoms with Crippen LogP contribution in [0.4, 0.5) is 0 Å². The fourth-order valence-electron chi connectivity index (χ4n) is 0.250. The molecule has 0 aliphatic rings. The second-order valence-electron chi connectivity index (χ2n) is 1.93. The monoisotopic (exact) mass is 341 g/mol. The van der Waals surface area contributed by atoms with Gasteiger partial charge in [0.25, 0.3) is 0 Å². The summed E-state index contributed by atoms with van der Waals surface area (Å²) in [6, 6.07) is 0. The molecule has 0 radical (unpaired) electrons.